The van der Waals surface area contributed by atoms with Crippen LogP contribution in [-0.2, 0) is 14.8 Å². The normalized spacial score (nSPS) is 17.3. The van der Waals surface area contributed by atoms with Crippen molar-refractivity contribution in [2.75, 3.05) is 26.2 Å². The number of piperidine rings is 1. The third-order valence-corrected chi connectivity index (χ3v) is 6.78. The summed E-state index contributed by atoms with van der Waals surface area (Å²) in [7, 11) is -3.58. The van der Waals surface area contributed by atoms with E-state index in [2.05, 4.69) is 0 Å². The minimum Gasteiger partial charge on any atom is -0.479 e. The molecule has 2 N–H and O–H groups in total. The molecule has 0 radical (unpaired) electrons. The van der Waals surface area contributed by atoms with Crippen LogP contribution < -0.4 is 0 Å². The Morgan fingerprint density at radius 1 is 1.12 bits per heavy atom. The van der Waals surface area contributed by atoms with E-state index in [1.54, 1.807) is 13.8 Å². The number of carbonyl (C=O) groups is 2. The molecule has 0 aliphatic carbocycles. The van der Waals surface area contributed by atoms with E-state index in [-0.39, 0.29) is 36.7 Å². The van der Waals surface area contributed by atoms with Gasteiger partial charge in [0.2, 0.25) is 10.0 Å². The van der Waals surface area contributed by atoms with Crippen molar-refractivity contribution >= 4 is 21.9 Å². The summed E-state index contributed by atoms with van der Waals surface area (Å²) in [4.78, 5) is 25.2. The van der Waals surface area contributed by atoms with Crippen LogP contribution in [0.2, 0.25) is 0 Å². The third kappa shape index (κ3) is 3.89. The first-order valence-electron chi connectivity index (χ1n) is 8.51. The monoisotopic (exact) mass is 384 g/mol. The Balaban J connectivity index is 2.12. The molecule has 1 fully saturated rings. The molecule has 0 saturated carbocycles. The largest absolute Gasteiger partial charge is 0.479 e. The first-order valence-corrected chi connectivity index (χ1v) is 9.95. The third-order valence-electron chi connectivity index (χ3n) is 4.72. The van der Waals surface area contributed by atoms with Gasteiger partial charge in [0, 0.05) is 44.6 Å². The number of aliphatic hydroxyl groups is 1. The van der Waals surface area contributed by atoms with Crippen LogP contribution in [0.1, 0.15) is 37.0 Å². The molecule has 0 spiro atoms. The number of amides is 1. The van der Waals surface area contributed by atoms with Crippen molar-refractivity contribution in [3.63, 3.8) is 0 Å². The van der Waals surface area contributed by atoms with Crippen LogP contribution in [0.15, 0.2) is 29.2 Å². The van der Waals surface area contributed by atoms with E-state index in [1.165, 1.54) is 33.5 Å². The van der Waals surface area contributed by atoms with E-state index >= 15 is 0 Å². The fourth-order valence-corrected chi connectivity index (χ4v) is 4.42. The van der Waals surface area contributed by atoms with Crippen molar-refractivity contribution in [1.29, 1.82) is 0 Å². The fourth-order valence-electron chi connectivity index (χ4n) is 2.96. The molecule has 144 valence electrons. The number of rotatable bonds is 6. The summed E-state index contributed by atoms with van der Waals surface area (Å²) >= 11 is 0. The molecule has 1 heterocycles. The number of sulfonamides is 1. The van der Waals surface area contributed by atoms with Crippen LogP contribution in [0.25, 0.3) is 0 Å². The molecular weight excluding hydrogens is 360 g/mol. The van der Waals surface area contributed by atoms with Crippen LogP contribution in [0.4, 0.5) is 0 Å². The number of carboxylic acid groups (broad SMARTS) is 1. The molecule has 1 aliphatic rings. The van der Waals surface area contributed by atoms with Gasteiger partial charge in [-0.25, -0.2) is 13.2 Å². The first kappa shape index (κ1) is 20.3. The van der Waals surface area contributed by atoms with Gasteiger partial charge >= 0.3 is 5.97 Å². The van der Waals surface area contributed by atoms with Crippen LogP contribution in [-0.4, -0.2) is 71.5 Å². The van der Waals surface area contributed by atoms with Crippen LogP contribution in [0, 0.1) is 0 Å². The quantitative estimate of drug-likeness (QED) is 0.748. The maximum absolute atomic E-state index is 12.5. The summed E-state index contributed by atoms with van der Waals surface area (Å²) in [6.07, 6.45) is -0.0784. The van der Waals surface area contributed by atoms with Gasteiger partial charge in [-0.1, -0.05) is 13.8 Å². The van der Waals surface area contributed by atoms with Gasteiger partial charge in [0.05, 0.1) is 4.90 Å². The van der Waals surface area contributed by atoms with Gasteiger partial charge in [-0.2, -0.15) is 4.31 Å². The highest BCUT2D eigenvalue weighted by Gasteiger charge is 2.40. The Morgan fingerprint density at radius 3 is 2.04 bits per heavy atom. The van der Waals surface area contributed by atoms with Gasteiger partial charge in [-0.05, 0) is 24.3 Å². The second kappa shape index (κ2) is 7.73. The predicted octanol–water partition coefficient (Wildman–Crippen LogP) is 0.769. The van der Waals surface area contributed by atoms with E-state index in [1.807, 2.05) is 0 Å². The van der Waals surface area contributed by atoms with Gasteiger partial charge in [-0.15, -0.1) is 0 Å². The minimum absolute atomic E-state index is 0.0392. The van der Waals surface area contributed by atoms with Gasteiger partial charge in [-0.3, -0.25) is 4.79 Å². The van der Waals surface area contributed by atoms with Gasteiger partial charge < -0.3 is 15.1 Å². The lowest BCUT2D eigenvalue weighted by atomic mass is 9.91. The lowest BCUT2D eigenvalue weighted by molar-refractivity contribution is -0.162. The first-order chi connectivity index (χ1) is 12.2. The van der Waals surface area contributed by atoms with Crippen LogP contribution in [0.3, 0.4) is 0 Å². The lowest BCUT2D eigenvalue weighted by Gasteiger charge is -2.35. The van der Waals surface area contributed by atoms with Gasteiger partial charge in [0.25, 0.3) is 5.91 Å². The van der Waals surface area contributed by atoms with Gasteiger partial charge in [0.1, 0.15) is 0 Å². The molecule has 26 heavy (non-hydrogen) atoms. The molecule has 1 aromatic carbocycles. The Hall–Kier alpha value is -1.97. The van der Waals surface area contributed by atoms with E-state index in [4.69, 9.17) is 5.11 Å². The van der Waals surface area contributed by atoms with Gasteiger partial charge in [0.15, 0.2) is 5.60 Å². The Labute approximate surface area is 153 Å². The van der Waals surface area contributed by atoms with Crippen molar-refractivity contribution in [1.82, 2.24) is 9.21 Å². The fraction of sp³-hybridized carbons (Fsp3) is 0.529. The molecule has 1 saturated heterocycles. The number of benzene rings is 1. The number of aliphatic carboxylic acids is 1. The van der Waals surface area contributed by atoms with Crippen LogP contribution in [0.5, 0.6) is 0 Å². The summed E-state index contributed by atoms with van der Waals surface area (Å²) in [6, 6.07) is 5.71. The molecule has 0 bridgehead atoms. The zero-order valence-corrected chi connectivity index (χ0v) is 15.7. The highest BCUT2D eigenvalue weighted by atomic mass is 32.2. The average Bonchev–Trinajstić information content (AvgIpc) is 2.62. The number of hydrogen-bond acceptors (Lipinski definition) is 5. The van der Waals surface area contributed by atoms with Crippen molar-refractivity contribution in [3.05, 3.63) is 29.8 Å². The Bertz CT molecular complexity index is 763. The molecule has 8 nitrogen and oxygen atoms in total. The Kier molecular flexibility index (Phi) is 6.05. The summed E-state index contributed by atoms with van der Waals surface area (Å²) < 4.78 is 26.3. The molecule has 1 amide bonds. The summed E-state index contributed by atoms with van der Waals surface area (Å²) in [5.74, 6) is -1.60. The summed E-state index contributed by atoms with van der Waals surface area (Å²) in [5.41, 5.74) is -1.47. The number of nitrogens with zero attached hydrogens (tertiary/aromatic N) is 2. The van der Waals surface area contributed by atoms with E-state index in [9.17, 15) is 23.1 Å². The van der Waals surface area contributed by atoms with E-state index in [0.29, 0.717) is 18.7 Å². The number of carboxylic acids is 1. The molecule has 2 rings (SSSR count). The number of carbonyl (C=O) groups excluding carboxylic acids is 1. The second-order valence-corrected chi connectivity index (χ2v) is 8.18. The molecular formula is C17H24N2O6S. The van der Waals surface area contributed by atoms with Crippen molar-refractivity contribution in [2.45, 2.75) is 37.2 Å². The molecule has 0 unspecified atom stereocenters. The molecule has 0 aromatic heterocycles. The minimum atomic E-state index is -3.58. The zero-order chi connectivity index (χ0) is 19.5. The van der Waals surface area contributed by atoms with E-state index in [0.717, 1.165) is 0 Å². The molecule has 1 aliphatic heterocycles. The number of likely N-dealkylation sites (tertiary alicyclic amines) is 1. The molecule has 9 heteroatoms. The standard InChI is InChI=1S/C17H24N2O6S/c1-3-19(4-2)26(24,25)14-7-5-13(6-8-14)15(20)18-11-9-17(23,10-12-18)16(21)22/h5-8,23H,3-4,9-12H2,1-2H3,(H,21,22). The Morgan fingerprint density at radius 2 is 1.62 bits per heavy atom. The summed E-state index contributed by atoms with van der Waals surface area (Å²) in [5, 5.41) is 19.0. The topological polar surface area (TPSA) is 115 Å². The van der Waals surface area contributed by atoms with Crippen LogP contribution >= 0.6 is 0 Å². The van der Waals surface area contributed by atoms with E-state index < -0.39 is 21.6 Å². The van der Waals surface area contributed by atoms with Crippen molar-refractivity contribution in [3.8, 4) is 0 Å². The second-order valence-electron chi connectivity index (χ2n) is 6.24. The van der Waals surface area contributed by atoms with Crippen molar-refractivity contribution in [2.24, 2.45) is 0 Å². The highest BCUT2D eigenvalue weighted by molar-refractivity contribution is 7.89. The van der Waals surface area contributed by atoms with Crippen molar-refractivity contribution < 1.29 is 28.2 Å². The average molecular weight is 384 g/mol. The summed E-state index contributed by atoms with van der Waals surface area (Å²) in [6.45, 7) is 4.49. The lowest BCUT2D eigenvalue weighted by Crippen LogP contribution is -2.50. The highest BCUT2D eigenvalue weighted by Crippen LogP contribution is 2.24. The molecule has 0 atom stereocenters. The maximum atomic E-state index is 12.5. The number of hydrogen-bond donors (Lipinski definition) is 2. The predicted molar refractivity (Wildman–Crippen MR) is 94.3 cm³/mol. The zero-order valence-electron chi connectivity index (χ0n) is 14.9. The SMILES string of the molecule is CCN(CC)S(=O)(=O)c1ccc(C(=O)N2CCC(O)(C(=O)O)CC2)cc1. The smallest absolute Gasteiger partial charge is 0.335 e. The maximum Gasteiger partial charge on any atom is 0.335 e. The molecule has 1 aromatic rings.